The summed E-state index contributed by atoms with van der Waals surface area (Å²) in [4.78, 5) is 41.2. The van der Waals surface area contributed by atoms with Gasteiger partial charge in [0.15, 0.2) is 11.2 Å². The second-order valence-electron chi connectivity index (χ2n) is 7.07. The fraction of sp³-hybridized carbons (Fsp3) is 0.182. The molecule has 4 rings (SSSR count). The van der Waals surface area contributed by atoms with E-state index in [9.17, 15) is 14.4 Å². The number of esters is 1. The molecule has 10 nitrogen and oxygen atoms in total. The van der Waals surface area contributed by atoms with Crippen molar-refractivity contribution < 1.29 is 14.3 Å². The van der Waals surface area contributed by atoms with Crippen molar-refractivity contribution in [2.45, 2.75) is 20.0 Å². The average molecular weight is 467 g/mol. The van der Waals surface area contributed by atoms with E-state index in [2.05, 4.69) is 20.6 Å². The number of ether oxygens (including phenoxy) is 1. The van der Waals surface area contributed by atoms with Crippen molar-refractivity contribution in [3.8, 4) is 0 Å². The SMILES string of the molecule is CCOC(=O)c1ccc(NC(=O)Cn2cnc3c(nnn3Cc3cccc(Cl)c3)c2=O)cc1. The van der Waals surface area contributed by atoms with E-state index in [0.717, 1.165) is 10.1 Å². The second-order valence-corrected chi connectivity index (χ2v) is 7.51. The van der Waals surface area contributed by atoms with Crippen molar-refractivity contribution in [2.75, 3.05) is 11.9 Å². The molecule has 4 aromatic rings. The molecule has 0 fully saturated rings. The molecule has 0 saturated carbocycles. The van der Waals surface area contributed by atoms with Crippen LogP contribution in [0.15, 0.2) is 59.7 Å². The summed E-state index contributed by atoms with van der Waals surface area (Å²) in [5.74, 6) is -0.877. The molecule has 2 aromatic carbocycles. The van der Waals surface area contributed by atoms with Crippen molar-refractivity contribution in [3.63, 3.8) is 0 Å². The molecular weight excluding hydrogens is 448 g/mol. The molecular formula is C22H19ClN6O4. The molecule has 168 valence electrons. The van der Waals surface area contributed by atoms with Gasteiger partial charge in [-0.3, -0.25) is 14.2 Å². The third-order valence-corrected chi connectivity index (χ3v) is 4.94. The quantitative estimate of drug-likeness (QED) is 0.415. The molecule has 2 heterocycles. The van der Waals surface area contributed by atoms with Crippen LogP contribution < -0.4 is 10.9 Å². The summed E-state index contributed by atoms with van der Waals surface area (Å²) in [6.45, 7) is 2.08. The first-order valence-electron chi connectivity index (χ1n) is 10.0. The molecule has 33 heavy (non-hydrogen) atoms. The largest absolute Gasteiger partial charge is 0.462 e. The Labute approximate surface area is 192 Å². The van der Waals surface area contributed by atoms with Crippen LogP contribution in [0.4, 0.5) is 5.69 Å². The van der Waals surface area contributed by atoms with E-state index in [0.29, 0.717) is 28.5 Å². The maximum atomic E-state index is 12.8. The van der Waals surface area contributed by atoms with E-state index >= 15 is 0 Å². The highest BCUT2D eigenvalue weighted by Gasteiger charge is 2.14. The zero-order valence-corrected chi connectivity index (χ0v) is 18.3. The van der Waals surface area contributed by atoms with Crippen LogP contribution in [0.25, 0.3) is 11.2 Å². The van der Waals surface area contributed by atoms with Gasteiger partial charge in [0.25, 0.3) is 5.56 Å². The number of hydrogen-bond acceptors (Lipinski definition) is 7. The molecule has 0 aliphatic rings. The maximum absolute atomic E-state index is 12.8. The van der Waals surface area contributed by atoms with Crippen LogP contribution in [0.1, 0.15) is 22.8 Å². The number of benzene rings is 2. The molecule has 1 N–H and O–H groups in total. The number of carbonyl (C=O) groups is 2. The van der Waals surface area contributed by atoms with Gasteiger partial charge in [-0.15, -0.1) is 5.10 Å². The van der Waals surface area contributed by atoms with Gasteiger partial charge >= 0.3 is 5.97 Å². The summed E-state index contributed by atoms with van der Waals surface area (Å²) in [6.07, 6.45) is 1.28. The first-order chi connectivity index (χ1) is 15.9. The summed E-state index contributed by atoms with van der Waals surface area (Å²) < 4.78 is 7.58. The highest BCUT2D eigenvalue weighted by atomic mass is 35.5. The lowest BCUT2D eigenvalue weighted by Crippen LogP contribution is -2.28. The van der Waals surface area contributed by atoms with E-state index in [1.807, 2.05) is 12.1 Å². The molecule has 0 atom stereocenters. The highest BCUT2D eigenvalue weighted by molar-refractivity contribution is 6.30. The number of halogens is 1. The zero-order chi connectivity index (χ0) is 23.4. The van der Waals surface area contributed by atoms with Gasteiger partial charge in [-0.2, -0.15) is 0 Å². The lowest BCUT2D eigenvalue weighted by atomic mass is 10.2. The van der Waals surface area contributed by atoms with Crippen LogP contribution in [0.3, 0.4) is 0 Å². The van der Waals surface area contributed by atoms with Crippen LogP contribution in [-0.4, -0.2) is 43.0 Å². The number of nitrogens with zero attached hydrogens (tertiary/aromatic N) is 5. The summed E-state index contributed by atoms with van der Waals surface area (Å²) in [7, 11) is 0. The standard InChI is InChI=1S/C22H19ClN6O4/c1-2-33-22(32)15-6-8-17(9-7-15)25-18(30)12-28-13-24-20-19(21(28)31)26-27-29(20)11-14-4-3-5-16(23)10-14/h3-10,13H,2,11-12H2,1H3,(H,25,30). The van der Waals surface area contributed by atoms with Gasteiger partial charge in [-0.1, -0.05) is 28.9 Å². The predicted octanol–water partition coefficient (Wildman–Crippen LogP) is 2.51. The van der Waals surface area contributed by atoms with Crippen LogP contribution in [0.5, 0.6) is 0 Å². The number of fused-ring (bicyclic) bond motifs is 1. The summed E-state index contributed by atoms with van der Waals surface area (Å²) in [6, 6.07) is 13.5. The normalized spacial score (nSPS) is 10.8. The topological polar surface area (TPSA) is 121 Å². The third-order valence-electron chi connectivity index (χ3n) is 4.71. The van der Waals surface area contributed by atoms with Gasteiger partial charge in [0.2, 0.25) is 5.91 Å². The Balaban J connectivity index is 1.46. The third kappa shape index (κ3) is 5.07. The lowest BCUT2D eigenvalue weighted by molar-refractivity contribution is -0.116. The van der Waals surface area contributed by atoms with Gasteiger partial charge in [0.1, 0.15) is 12.9 Å². The smallest absolute Gasteiger partial charge is 0.338 e. The Hall–Kier alpha value is -4.05. The van der Waals surface area contributed by atoms with E-state index in [1.165, 1.54) is 11.0 Å². The molecule has 11 heteroatoms. The van der Waals surface area contributed by atoms with Crippen molar-refractivity contribution in [3.05, 3.63) is 81.4 Å². The Kier molecular flexibility index (Phi) is 6.45. The van der Waals surface area contributed by atoms with E-state index < -0.39 is 17.4 Å². The number of rotatable bonds is 7. The van der Waals surface area contributed by atoms with Gasteiger partial charge in [-0.05, 0) is 48.9 Å². The fourth-order valence-electron chi connectivity index (χ4n) is 3.17. The molecule has 2 aromatic heterocycles. The Bertz CT molecular complexity index is 1380. The molecule has 0 aliphatic heterocycles. The van der Waals surface area contributed by atoms with E-state index in [4.69, 9.17) is 16.3 Å². The van der Waals surface area contributed by atoms with Gasteiger partial charge in [0, 0.05) is 10.7 Å². The zero-order valence-electron chi connectivity index (χ0n) is 17.6. The number of nitrogens with one attached hydrogen (secondary N) is 1. The molecule has 1 amide bonds. The van der Waals surface area contributed by atoms with E-state index in [1.54, 1.807) is 43.3 Å². The first kappa shape index (κ1) is 22.2. The number of anilines is 1. The van der Waals surface area contributed by atoms with Crippen LogP contribution >= 0.6 is 11.6 Å². The van der Waals surface area contributed by atoms with E-state index in [-0.39, 0.29) is 18.7 Å². The number of hydrogen-bond donors (Lipinski definition) is 1. The van der Waals surface area contributed by atoms with Gasteiger partial charge < -0.3 is 10.1 Å². The summed E-state index contributed by atoms with van der Waals surface area (Å²) in [5.41, 5.74) is 1.63. The van der Waals surface area contributed by atoms with Crippen molar-refractivity contribution in [1.82, 2.24) is 24.5 Å². The summed E-state index contributed by atoms with van der Waals surface area (Å²) >= 11 is 6.02. The van der Waals surface area contributed by atoms with Crippen LogP contribution in [0, 0.1) is 0 Å². The van der Waals surface area contributed by atoms with Gasteiger partial charge in [0.05, 0.1) is 18.7 Å². The predicted molar refractivity (Wildman–Crippen MR) is 121 cm³/mol. The summed E-state index contributed by atoms with van der Waals surface area (Å²) in [5, 5.41) is 11.2. The maximum Gasteiger partial charge on any atom is 0.338 e. The van der Waals surface area contributed by atoms with Crippen LogP contribution in [0.2, 0.25) is 5.02 Å². The highest BCUT2D eigenvalue weighted by Crippen LogP contribution is 2.13. The van der Waals surface area contributed by atoms with Crippen molar-refractivity contribution >= 4 is 40.3 Å². The second kappa shape index (κ2) is 9.61. The Morgan fingerprint density at radius 3 is 2.67 bits per heavy atom. The minimum absolute atomic E-state index is 0.0612. The average Bonchev–Trinajstić information content (AvgIpc) is 3.20. The number of aromatic nitrogens is 5. The Morgan fingerprint density at radius 2 is 1.94 bits per heavy atom. The van der Waals surface area contributed by atoms with Gasteiger partial charge in [-0.25, -0.2) is 14.5 Å². The number of amides is 1. The molecule has 0 saturated heterocycles. The minimum Gasteiger partial charge on any atom is -0.462 e. The fourth-order valence-corrected chi connectivity index (χ4v) is 3.39. The molecule has 0 unspecified atom stereocenters. The van der Waals surface area contributed by atoms with Crippen molar-refractivity contribution in [2.24, 2.45) is 0 Å². The Morgan fingerprint density at radius 1 is 1.15 bits per heavy atom. The lowest BCUT2D eigenvalue weighted by Gasteiger charge is -2.08. The minimum atomic E-state index is -0.481. The number of carbonyl (C=O) groups excluding carboxylic acids is 2. The molecule has 0 aliphatic carbocycles. The van der Waals surface area contributed by atoms with Crippen LogP contribution in [-0.2, 0) is 22.6 Å². The molecule has 0 spiro atoms. The molecule has 0 radical (unpaired) electrons. The molecule has 0 bridgehead atoms. The monoisotopic (exact) mass is 466 g/mol. The first-order valence-corrected chi connectivity index (χ1v) is 10.4. The van der Waals surface area contributed by atoms with Crippen molar-refractivity contribution in [1.29, 1.82) is 0 Å².